The quantitative estimate of drug-likeness (QED) is 0.741. The van der Waals surface area contributed by atoms with Crippen LogP contribution in [0.4, 0.5) is 0 Å². The highest BCUT2D eigenvalue weighted by molar-refractivity contribution is 7.16. The normalized spacial score (nSPS) is 14.7. The molecule has 6 heteroatoms. The molecule has 2 unspecified atom stereocenters. The first-order valence-corrected chi connectivity index (χ1v) is 5.66. The minimum atomic E-state index is -0.731. The molecule has 0 spiro atoms. The number of hydrogen-bond donors (Lipinski definition) is 3. The Labute approximate surface area is 97.0 Å². The fraction of sp³-hybridized carbons (Fsp3) is 0.444. The van der Waals surface area contributed by atoms with Gasteiger partial charge in [0.1, 0.15) is 6.10 Å². The van der Waals surface area contributed by atoms with Crippen molar-refractivity contribution in [2.75, 3.05) is 6.54 Å². The topological polar surface area (TPSA) is 75.4 Å². The van der Waals surface area contributed by atoms with E-state index in [0.29, 0.717) is 4.34 Å². The van der Waals surface area contributed by atoms with Gasteiger partial charge < -0.3 is 16.2 Å². The van der Waals surface area contributed by atoms with Crippen molar-refractivity contribution in [3.05, 3.63) is 21.3 Å². The lowest BCUT2D eigenvalue weighted by atomic mass is 10.2. The van der Waals surface area contributed by atoms with Gasteiger partial charge in [-0.05, 0) is 19.1 Å². The summed E-state index contributed by atoms with van der Waals surface area (Å²) in [6.45, 7) is 1.74. The van der Waals surface area contributed by atoms with Gasteiger partial charge in [0.15, 0.2) is 0 Å². The van der Waals surface area contributed by atoms with Crippen LogP contribution in [0.15, 0.2) is 12.1 Å². The lowest BCUT2D eigenvalue weighted by molar-refractivity contribution is -0.122. The summed E-state index contributed by atoms with van der Waals surface area (Å²) in [5, 5.41) is 12.2. The molecule has 0 radical (unpaired) electrons. The molecule has 1 aromatic heterocycles. The van der Waals surface area contributed by atoms with E-state index in [-0.39, 0.29) is 12.5 Å². The van der Waals surface area contributed by atoms with Crippen LogP contribution in [-0.4, -0.2) is 23.6 Å². The molecule has 0 bridgehead atoms. The Bertz CT molecular complexity index is 341. The highest BCUT2D eigenvalue weighted by Gasteiger charge is 2.13. The molecular weight excluding hydrogens is 236 g/mol. The fourth-order valence-corrected chi connectivity index (χ4v) is 2.01. The van der Waals surface area contributed by atoms with Gasteiger partial charge in [-0.15, -0.1) is 11.3 Å². The number of nitrogens with two attached hydrogens (primary N) is 1. The van der Waals surface area contributed by atoms with Gasteiger partial charge in [-0.25, -0.2) is 0 Å². The first-order chi connectivity index (χ1) is 7.00. The summed E-state index contributed by atoms with van der Waals surface area (Å²) >= 11 is 7.01. The van der Waals surface area contributed by atoms with Crippen molar-refractivity contribution < 1.29 is 9.90 Å². The average molecular weight is 249 g/mol. The molecule has 4 N–H and O–H groups in total. The zero-order valence-electron chi connectivity index (χ0n) is 8.24. The monoisotopic (exact) mass is 248 g/mol. The largest absolute Gasteiger partial charge is 0.386 e. The van der Waals surface area contributed by atoms with Gasteiger partial charge in [0.2, 0.25) is 5.91 Å². The molecule has 15 heavy (non-hydrogen) atoms. The van der Waals surface area contributed by atoms with Crippen LogP contribution in [0.25, 0.3) is 0 Å². The maximum Gasteiger partial charge on any atom is 0.236 e. The van der Waals surface area contributed by atoms with Gasteiger partial charge in [-0.2, -0.15) is 0 Å². The van der Waals surface area contributed by atoms with E-state index in [1.165, 1.54) is 11.3 Å². The van der Waals surface area contributed by atoms with Crippen LogP contribution in [0.1, 0.15) is 17.9 Å². The number of amides is 1. The van der Waals surface area contributed by atoms with Gasteiger partial charge in [0.25, 0.3) is 0 Å². The van der Waals surface area contributed by atoms with Crippen LogP contribution < -0.4 is 11.1 Å². The number of aliphatic hydroxyl groups excluding tert-OH is 1. The van der Waals surface area contributed by atoms with E-state index in [0.717, 1.165) is 4.88 Å². The smallest absolute Gasteiger partial charge is 0.236 e. The molecular formula is C9H13ClN2O2S. The zero-order valence-corrected chi connectivity index (χ0v) is 9.81. The van der Waals surface area contributed by atoms with E-state index in [1.54, 1.807) is 19.1 Å². The maximum atomic E-state index is 11.1. The van der Waals surface area contributed by atoms with Gasteiger partial charge in [-0.1, -0.05) is 11.6 Å². The lowest BCUT2D eigenvalue weighted by Crippen LogP contribution is -2.40. The van der Waals surface area contributed by atoms with Crippen LogP contribution in [0.3, 0.4) is 0 Å². The van der Waals surface area contributed by atoms with Gasteiger partial charge in [-0.3, -0.25) is 4.79 Å². The number of carbonyl (C=O) groups excluding carboxylic acids is 1. The maximum absolute atomic E-state index is 11.1. The third kappa shape index (κ3) is 3.79. The number of nitrogens with one attached hydrogen (secondary N) is 1. The third-order valence-corrected chi connectivity index (χ3v) is 3.14. The molecule has 1 heterocycles. The van der Waals surface area contributed by atoms with Gasteiger partial charge in [0.05, 0.1) is 10.4 Å². The van der Waals surface area contributed by atoms with Crippen LogP contribution in [-0.2, 0) is 4.79 Å². The molecule has 0 aliphatic carbocycles. The highest BCUT2D eigenvalue weighted by atomic mass is 35.5. The number of carbonyl (C=O) groups is 1. The Morgan fingerprint density at radius 1 is 1.73 bits per heavy atom. The molecule has 0 aliphatic rings. The predicted molar refractivity (Wildman–Crippen MR) is 60.9 cm³/mol. The lowest BCUT2D eigenvalue weighted by Gasteiger charge is -2.11. The molecule has 84 valence electrons. The summed E-state index contributed by atoms with van der Waals surface area (Å²) in [6, 6.07) is 2.87. The first-order valence-electron chi connectivity index (χ1n) is 4.47. The summed E-state index contributed by atoms with van der Waals surface area (Å²) in [6.07, 6.45) is -0.731. The second-order valence-corrected chi connectivity index (χ2v) is 4.94. The van der Waals surface area contributed by atoms with Gasteiger partial charge in [0, 0.05) is 11.4 Å². The van der Waals surface area contributed by atoms with Crippen molar-refractivity contribution in [1.82, 2.24) is 5.32 Å². The van der Waals surface area contributed by atoms with Crippen LogP contribution >= 0.6 is 22.9 Å². The zero-order chi connectivity index (χ0) is 11.4. The van der Waals surface area contributed by atoms with E-state index >= 15 is 0 Å². The van der Waals surface area contributed by atoms with Crippen molar-refractivity contribution in [3.8, 4) is 0 Å². The summed E-state index contributed by atoms with van der Waals surface area (Å²) in [5.74, 6) is -0.281. The van der Waals surface area contributed by atoms with Crippen molar-refractivity contribution >= 4 is 28.8 Å². The molecule has 4 nitrogen and oxygen atoms in total. The Morgan fingerprint density at radius 3 is 2.87 bits per heavy atom. The molecule has 0 aliphatic heterocycles. The van der Waals surface area contributed by atoms with E-state index in [1.807, 2.05) is 0 Å². The number of hydrogen-bond acceptors (Lipinski definition) is 4. The minimum Gasteiger partial charge on any atom is -0.386 e. The molecule has 1 amide bonds. The van der Waals surface area contributed by atoms with Crippen molar-refractivity contribution in [1.29, 1.82) is 0 Å². The SMILES string of the molecule is CC(N)C(=O)NCC(O)c1ccc(Cl)s1. The summed E-state index contributed by atoms with van der Waals surface area (Å²) in [5.41, 5.74) is 5.35. The Balaban J connectivity index is 2.43. The van der Waals surface area contributed by atoms with Crippen LogP contribution in [0, 0.1) is 0 Å². The highest BCUT2D eigenvalue weighted by Crippen LogP contribution is 2.26. The third-order valence-electron chi connectivity index (χ3n) is 1.81. The summed E-state index contributed by atoms with van der Waals surface area (Å²) in [7, 11) is 0. The minimum absolute atomic E-state index is 0.150. The molecule has 0 saturated heterocycles. The predicted octanol–water partition coefficient (Wildman–Crippen LogP) is 0.898. The number of rotatable bonds is 4. The van der Waals surface area contributed by atoms with Crippen molar-refractivity contribution in [2.45, 2.75) is 19.1 Å². The van der Waals surface area contributed by atoms with E-state index in [4.69, 9.17) is 17.3 Å². The van der Waals surface area contributed by atoms with E-state index in [9.17, 15) is 9.90 Å². The van der Waals surface area contributed by atoms with Crippen molar-refractivity contribution in [3.63, 3.8) is 0 Å². The summed E-state index contributed by atoms with van der Waals surface area (Å²) < 4.78 is 0.613. The molecule has 0 saturated carbocycles. The molecule has 1 rings (SSSR count). The molecule has 0 aromatic carbocycles. The van der Waals surface area contributed by atoms with Crippen molar-refractivity contribution in [2.24, 2.45) is 5.73 Å². The first kappa shape index (κ1) is 12.4. The average Bonchev–Trinajstić information content (AvgIpc) is 2.60. The van der Waals surface area contributed by atoms with E-state index < -0.39 is 12.1 Å². The Hall–Kier alpha value is -0.620. The molecule has 1 aromatic rings. The van der Waals surface area contributed by atoms with Crippen LogP contribution in [0.5, 0.6) is 0 Å². The molecule has 0 fully saturated rings. The number of aliphatic hydroxyl groups is 1. The summed E-state index contributed by atoms with van der Waals surface area (Å²) in [4.78, 5) is 11.8. The second-order valence-electron chi connectivity index (χ2n) is 3.19. The fourth-order valence-electron chi connectivity index (χ4n) is 0.966. The second kappa shape index (κ2) is 5.46. The van der Waals surface area contributed by atoms with Gasteiger partial charge >= 0.3 is 0 Å². The number of thiophene rings is 1. The standard InChI is InChI=1S/C9H13ClN2O2S/c1-5(11)9(14)12-4-6(13)7-2-3-8(10)15-7/h2-3,5-6,13H,4,11H2,1H3,(H,12,14). The van der Waals surface area contributed by atoms with Crippen LogP contribution in [0.2, 0.25) is 4.34 Å². The Morgan fingerprint density at radius 2 is 2.40 bits per heavy atom. The van der Waals surface area contributed by atoms with E-state index in [2.05, 4.69) is 5.32 Å². The Kier molecular flexibility index (Phi) is 4.53. The number of halogens is 1. The molecule has 2 atom stereocenters.